The highest BCUT2D eigenvalue weighted by molar-refractivity contribution is 5.97. The summed E-state index contributed by atoms with van der Waals surface area (Å²) in [5.41, 5.74) is 0.584. The minimum absolute atomic E-state index is 0.001000. The summed E-state index contributed by atoms with van der Waals surface area (Å²) >= 11 is 0. The second-order valence-electron chi connectivity index (χ2n) is 5.74. The number of nitrogens with zero attached hydrogens (tertiary/aromatic N) is 1. The van der Waals surface area contributed by atoms with Crippen LogP contribution in [0, 0.1) is 0 Å². The Bertz CT molecular complexity index is 533. The maximum absolute atomic E-state index is 12.0. The van der Waals surface area contributed by atoms with E-state index in [-0.39, 0.29) is 31.1 Å². The van der Waals surface area contributed by atoms with Gasteiger partial charge >= 0.3 is 5.97 Å². The van der Waals surface area contributed by atoms with Crippen LogP contribution in [0.2, 0.25) is 0 Å². The number of esters is 1. The molecule has 0 spiro atoms. The van der Waals surface area contributed by atoms with Gasteiger partial charge in [-0.3, -0.25) is 14.4 Å². The Morgan fingerprint density at radius 2 is 1.57 bits per heavy atom. The van der Waals surface area contributed by atoms with Crippen molar-refractivity contribution in [3.05, 3.63) is 35.9 Å². The molecule has 0 unspecified atom stereocenters. The molecule has 2 rings (SSSR count). The van der Waals surface area contributed by atoms with E-state index in [1.165, 1.54) is 0 Å². The van der Waals surface area contributed by atoms with Crippen molar-refractivity contribution in [1.29, 1.82) is 0 Å². The van der Waals surface area contributed by atoms with Crippen molar-refractivity contribution in [2.75, 3.05) is 19.7 Å². The molecule has 0 aromatic heterocycles. The third-order valence-corrected chi connectivity index (χ3v) is 3.97. The molecule has 0 bridgehead atoms. The molecule has 0 radical (unpaired) electrons. The maximum Gasteiger partial charge on any atom is 0.306 e. The van der Waals surface area contributed by atoms with Crippen LogP contribution in [0.25, 0.3) is 0 Å². The number of ether oxygens (including phenoxy) is 1. The van der Waals surface area contributed by atoms with E-state index in [9.17, 15) is 14.4 Å². The number of hydrogen-bond donors (Lipinski definition) is 0. The molecule has 1 aromatic rings. The van der Waals surface area contributed by atoms with Gasteiger partial charge in [-0.1, -0.05) is 43.2 Å². The second kappa shape index (κ2) is 9.08. The lowest BCUT2D eigenvalue weighted by Crippen LogP contribution is -2.35. The highest BCUT2D eigenvalue weighted by Crippen LogP contribution is 2.10. The molecular weight excluding hydrogens is 294 g/mol. The van der Waals surface area contributed by atoms with Gasteiger partial charge in [0, 0.05) is 25.1 Å². The molecule has 5 nitrogen and oxygen atoms in total. The number of rotatable bonds is 6. The lowest BCUT2D eigenvalue weighted by molar-refractivity contribution is -0.152. The molecule has 0 aliphatic carbocycles. The van der Waals surface area contributed by atoms with E-state index in [1.54, 1.807) is 29.2 Å². The minimum atomic E-state index is -0.502. The summed E-state index contributed by atoms with van der Waals surface area (Å²) in [6.45, 7) is 1.25. The van der Waals surface area contributed by atoms with E-state index in [0.717, 1.165) is 38.8 Å². The average molecular weight is 317 g/mol. The molecule has 0 N–H and O–H groups in total. The van der Waals surface area contributed by atoms with Crippen LogP contribution in [0.5, 0.6) is 0 Å². The molecule has 5 heteroatoms. The van der Waals surface area contributed by atoms with Crippen molar-refractivity contribution in [2.24, 2.45) is 0 Å². The molecule has 124 valence electrons. The lowest BCUT2D eigenvalue weighted by atomic mass is 10.1. The maximum atomic E-state index is 12.0. The van der Waals surface area contributed by atoms with Crippen molar-refractivity contribution >= 4 is 17.7 Å². The van der Waals surface area contributed by atoms with Crippen molar-refractivity contribution < 1.29 is 19.1 Å². The predicted molar refractivity (Wildman–Crippen MR) is 86.0 cm³/mol. The topological polar surface area (TPSA) is 63.7 Å². The van der Waals surface area contributed by atoms with E-state index in [1.807, 2.05) is 6.07 Å². The predicted octanol–water partition coefficient (Wildman–Crippen LogP) is 2.60. The lowest BCUT2D eigenvalue weighted by Gasteiger charge is -2.19. The van der Waals surface area contributed by atoms with Gasteiger partial charge < -0.3 is 9.64 Å². The number of carbonyl (C=O) groups excluding carboxylic acids is 3. The van der Waals surface area contributed by atoms with Gasteiger partial charge in [-0.15, -0.1) is 0 Å². The largest absolute Gasteiger partial charge is 0.456 e. The first kappa shape index (κ1) is 17.2. The van der Waals surface area contributed by atoms with Crippen LogP contribution in [0.15, 0.2) is 30.3 Å². The van der Waals surface area contributed by atoms with Crippen LogP contribution in [-0.2, 0) is 14.3 Å². The van der Waals surface area contributed by atoms with Crippen LogP contribution in [0.3, 0.4) is 0 Å². The highest BCUT2D eigenvalue weighted by atomic mass is 16.5. The minimum Gasteiger partial charge on any atom is -0.456 e. The zero-order chi connectivity index (χ0) is 16.5. The summed E-state index contributed by atoms with van der Waals surface area (Å²) in [5.74, 6) is -0.742. The summed E-state index contributed by atoms with van der Waals surface area (Å²) in [6.07, 6.45) is 4.40. The Labute approximate surface area is 136 Å². The van der Waals surface area contributed by atoms with E-state index < -0.39 is 5.97 Å². The summed E-state index contributed by atoms with van der Waals surface area (Å²) in [4.78, 5) is 37.3. The number of Topliss-reactive ketones (excluding diaryl/α,β-unsaturated/α-hetero) is 1. The Balaban J connectivity index is 1.68. The van der Waals surface area contributed by atoms with E-state index in [0.29, 0.717) is 5.56 Å². The summed E-state index contributed by atoms with van der Waals surface area (Å²) < 4.78 is 5.00. The van der Waals surface area contributed by atoms with Crippen LogP contribution in [0.4, 0.5) is 0 Å². The average Bonchev–Trinajstić information content (AvgIpc) is 2.87. The molecule has 23 heavy (non-hydrogen) atoms. The fourth-order valence-electron chi connectivity index (χ4n) is 2.61. The van der Waals surface area contributed by atoms with E-state index in [4.69, 9.17) is 4.74 Å². The van der Waals surface area contributed by atoms with Gasteiger partial charge in [-0.2, -0.15) is 0 Å². The molecule has 1 aromatic carbocycles. The fourth-order valence-corrected chi connectivity index (χ4v) is 2.61. The molecule has 1 amide bonds. The third kappa shape index (κ3) is 5.85. The first-order chi connectivity index (χ1) is 11.2. The van der Waals surface area contributed by atoms with E-state index >= 15 is 0 Å². The molecular formula is C18H23NO4. The normalized spacial score (nSPS) is 14.9. The monoisotopic (exact) mass is 317 g/mol. The Morgan fingerprint density at radius 1 is 0.913 bits per heavy atom. The first-order valence-corrected chi connectivity index (χ1v) is 8.18. The SMILES string of the molecule is O=C(CCC(=O)c1ccccc1)OCC(=O)N1CCCCCC1. The van der Waals surface area contributed by atoms with Gasteiger partial charge in [0.1, 0.15) is 0 Å². The molecule has 1 saturated heterocycles. The standard InChI is InChI=1S/C18H23NO4/c20-16(15-8-4-3-5-9-15)10-11-18(22)23-14-17(21)19-12-6-1-2-7-13-19/h3-5,8-9H,1-2,6-7,10-14H2. The summed E-state index contributed by atoms with van der Waals surface area (Å²) in [5, 5.41) is 0. The number of hydrogen-bond acceptors (Lipinski definition) is 4. The highest BCUT2D eigenvalue weighted by Gasteiger charge is 2.17. The van der Waals surface area contributed by atoms with Crippen molar-refractivity contribution in [3.63, 3.8) is 0 Å². The van der Waals surface area contributed by atoms with Gasteiger partial charge in [-0.05, 0) is 12.8 Å². The second-order valence-corrected chi connectivity index (χ2v) is 5.74. The summed E-state index contributed by atoms with van der Waals surface area (Å²) in [7, 11) is 0. The number of carbonyl (C=O) groups is 3. The molecule has 0 atom stereocenters. The van der Waals surface area contributed by atoms with E-state index in [2.05, 4.69) is 0 Å². The molecule has 1 fully saturated rings. The number of amides is 1. The fraction of sp³-hybridized carbons (Fsp3) is 0.500. The molecule has 1 aliphatic heterocycles. The van der Waals surface area contributed by atoms with Crippen LogP contribution >= 0.6 is 0 Å². The quantitative estimate of drug-likeness (QED) is 0.597. The van der Waals surface area contributed by atoms with Gasteiger partial charge in [0.05, 0.1) is 6.42 Å². The number of likely N-dealkylation sites (tertiary alicyclic amines) is 1. The zero-order valence-electron chi connectivity index (χ0n) is 13.3. The number of ketones is 1. The number of benzene rings is 1. The Morgan fingerprint density at radius 3 is 2.22 bits per heavy atom. The van der Waals surface area contributed by atoms with Crippen molar-refractivity contribution in [2.45, 2.75) is 38.5 Å². The van der Waals surface area contributed by atoms with Crippen LogP contribution < -0.4 is 0 Å². The zero-order valence-corrected chi connectivity index (χ0v) is 13.3. The molecule has 1 heterocycles. The Hall–Kier alpha value is -2.17. The Kier molecular flexibility index (Phi) is 6.78. The van der Waals surface area contributed by atoms with Gasteiger partial charge in [-0.25, -0.2) is 0 Å². The molecule has 0 saturated carbocycles. The molecule has 1 aliphatic rings. The van der Waals surface area contributed by atoms with Crippen molar-refractivity contribution in [1.82, 2.24) is 4.90 Å². The smallest absolute Gasteiger partial charge is 0.306 e. The third-order valence-electron chi connectivity index (χ3n) is 3.97. The van der Waals surface area contributed by atoms with Crippen molar-refractivity contribution in [3.8, 4) is 0 Å². The van der Waals surface area contributed by atoms with Crippen LogP contribution in [0.1, 0.15) is 48.9 Å². The van der Waals surface area contributed by atoms with Gasteiger partial charge in [0.15, 0.2) is 12.4 Å². The first-order valence-electron chi connectivity index (χ1n) is 8.18. The van der Waals surface area contributed by atoms with Crippen LogP contribution in [-0.4, -0.2) is 42.3 Å². The summed E-state index contributed by atoms with van der Waals surface area (Å²) in [6, 6.07) is 8.84. The van der Waals surface area contributed by atoms with Gasteiger partial charge in [0.2, 0.25) is 0 Å². The van der Waals surface area contributed by atoms with Gasteiger partial charge in [0.25, 0.3) is 5.91 Å².